The van der Waals surface area contributed by atoms with Gasteiger partial charge in [0.2, 0.25) is 11.8 Å². The van der Waals surface area contributed by atoms with Gasteiger partial charge in [0, 0.05) is 18.5 Å². The van der Waals surface area contributed by atoms with E-state index in [1.165, 1.54) is 23.9 Å². The molecule has 1 aromatic carbocycles. The number of hydrogen-bond acceptors (Lipinski definition) is 6. The third kappa shape index (κ3) is 5.02. The number of nitro groups is 1. The van der Waals surface area contributed by atoms with E-state index in [9.17, 15) is 19.7 Å². The lowest BCUT2D eigenvalue weighted by Crippen LogP contribution is -2.28. The highest BCUT2D eigenvalue weighted by atomic mass is 32.2. The first-order chi connectivity index (χ1) is 11.8. The predicted octanol–water partition coefficient (Wildman–Crippen LogP) is 2.62. The lowest BCUT2D eigenvalue weighted by atomic mass is 10.2. The van der Waals surface area contributed by atoms with Crippen LogP contribution in [0.2, 0.25) is 0 Å². The van der Waals surface area contributed by atoms with E-state index in [-0.39, 0.29) is 29.7 Å². The summed E-state index contributed by atoms with van der Waals surface area (Å²) in [5, 5.41) is 16.2. The van der Waals surface area contributed by atoms with Crippen LogP contribution in [-0.2, 0) is 9.59 Å². The average Bonchev–Trinajstić information content (AvgIpc) is 2.87. The molecule has 0 radical (unpaired) electrons. The number of hydrogen-bond donors (Lipinski definition) is 2. The first-order valence-corrected chi connectivity index (χ1v) is 8.78. The Labute approximate surface area is 149 Å². The third-order valence-electron chi connectivity index (χ3n) is 3.70. The Kier molecular flexibility index (Phi) is 6.13. The molecular formula is C16H20N4O4S. The van der Waals surface area contributed by atoms with Crippen LogP contribution in [0, 0.1) is 17.0 Å². The van der Waals surface area contributed by atoms with Crippen molar-refractivity contribution in [2.24, 2.45) is 4.99 Å². The second-order valence-electron chi connectivity index (χ2n) is 5.82. The van der Waals surface area contributed by atoms with Crippen molar-refractivity contribution in [3.05, 3.63) is 33.9 Å². The molecule has 1 aliphatic heterocycles. The Morgan fingerprint density at radius 1 is 1.52 bits per heavy atom. The molecule has 0 spiro atoms. The molecule has 0 aliphatic carbocycles. The number of benzene rings is 1. The highest BCUT2D eigenvalue weighted by Gasteiger charge is 2.32. The van der Waals surface area contributed by atoms with Gasteiger partial charge in [-0.25, -0.2) is 0 Å². The molecule has 2 N–H and O–H groups in total. The highest BCUT2D eigenvalue weighted by Crippen LogP contribution is 2.27. The van der Waals surface area contributed by atoms with Gasteiger partial charge >= 0.3 is 0 Å². The van der Waals surface area contributed by atoms with Crippen LogP contribution < -0.4 is 10.6 Å². The minimum atomic E-state index is -0.590. The standard InChI is InChI=1S/C16H20N4O4S/c1-4-10(3)17-16-19-15(22)13(25-16)8-14(21)18-11-6-5-9(2)7-12(11)20(23)24/h5-7,10,13H,4,8H2,1-3H3,(H,18,21)(H,17,19,22). The van der Waals surface area contributed by atoms with Gasteiger partial charge in [-0.2, -0.15) is 0 Å². The number of anilines is 1. The molecule has 2 unspecified atom stereocenters. The van der Waals surface area contributed by atoms with Crippen molar-refractivity contribution in [3.63, 3.8) is 0 Å². The number of nitro benzene ring substituents is 1. The van der Waals surface area contributed by atoms with Gasteiger partial charge in [0.05, 0.1) is 4.92 Å². The fourth-order valence-corrected chi connectivity index (χ4v) is 3.23. The van der Waals surface area contributed by atoms with Crippen molar-refractivity contribution < 1.29 is 14.5 Å². The number of carbonyl (C=O) groups is 2. The SMILES string of the molecule is CCC(C)N=C1NC(=O)C(CC(=O)Nc2ccc(C)cc2[N+](=O)[O-])S1. The molecule has 1 aromatic rings. The summed E-state index contributed by atoms with van der Waals surface area (Å²) >= 11 is 1.21. The molecule has 2 atom stereocenters. The molecule has 1 saturated heterocycles. The van der Waals surface area contributed by atoms with Gasteiger partial charge in [-0.1, -0.05) is 24.8 Å². The van der Waals surface area contributed by atoms with Crippen molar-refractivity contribution in [2.75, 3.05) is 5.32 Å². The van der Waals surface area contributed by atoms with Crippen LogP contribution in [0.4, 0.5) is 11.4 Å². The van der Waals surface area contributed by atoms with Gasteiger partial charge in [-0.05, 0) is 31.9 Å². The summed E-state index contributed by atoms with van der Waals surface area (Å²) in [4.78, 5) is 39.1. The fourth-order valence-electron chi connectivity index (χ4n) is 2.16. The van der Waals surface area contributed by atoms with Crippen molar-refractivity contribution in [3.8, 4) is 0 Å². The minimum absolute atomic E-state index is 0.0823. The molecule has 0 saturated carbocycles. The summed E-state index contributed by atoms with van der Waals surface area (Å²) in [6, 6.07) is 4.65. The van der Waals surface area contributed by atoms with Gasteiger partial charge in [-0.3, -0.25) is 24.7 Å². The van der Waals surface area contributed by atoms with Crippen LogP contribution in [0.3, 0.4) is 0 Å². The van der Waals surface area contributed by atoms with E-state index in [2.05, 4.69) is 15.6 Å². The van der Waals surface area contributed by atoms with Crippen LogP contribution in [0.15, 0.2) is 23.2 Å². The Morgan fingerprint density at radius 2 is 2.24 bits per heavy atom. The largest absolute Gasteiger partial charge is 0.320 e. The Bertz CT molecular complexity index is 735. The molecule has 0 aromatic heterocycles. The van der Waals surface area contributed by atoms with Crippen LogP contribution >= 0.6 is 11.8 Å². The molecule has 1 fully saturated rings. The molecule has 0 bridgehead atoms. The smallest absolute Gasteiger partial charge is 0.293 e. The molecule has 8 nitrogen and oxygen atoms in total. The van der Waals surface area contributed by atoms with Crippen molar-refractivity contribution >= 4 is 40.1 Å². The maximum absolute atomic E-state index is 12.2. The van der Waals surface area contributed by atoms with Gasteiger partial charge in [0.15, 0.2) is 5.17 Å². The summed E-state index contributed by atoms with van der Waals surface area (Å²) in [6.07, 6.45) is 0.767. The van der Waals surface area contributed by atoms with E-state index < -0.39 is 16.1 Å². The maximum atomic E-state index is 12.2. The molecular weight excluding hydrogens is 344 g/mol. The summed E-state index contributed by atoms with van der Waals surface area (Å²) in [5.41, 5.74) is 0.676. The first kappa shape index (κ1) is 18.9. The third-order valence-corrected chi connectivity index (χ3v) is 4.80. The molecule has 1 aliphatic rings. The summed E-state index contributed by atoms with van der Waals surface area (Å²) in [7, 11) is 0. The quantitative estimate of drug-likeness (QED) is 0.595. The van der Waals surface area contributed by atoms with Crippen molar-refractivity contribution in [1.29, 1.82) is 0 Å². The Hall–Kier alpha value is -2.42. The molecule has 2 amide bonds. The number of aliphatic imine (C=N–C) groups is 1. The normalized spacial score (nSPS) is 19.6. The first-order valence-electron chi connectivity index (χ1n) is 7.90. The Morgan fingerprint density at radius 3 is 2.88 bits per heavy atom. The highest BCUT2D eigenvalue weighted by molar-refractivity contribution is 8.15. The fraction of sp³-hybridized carbons (Fsp3) is 0.438. The van der Waals surface area contributed by atoms with Gasteiger partial charge in [0.25, 0.3) is 5.69 Å². The molecule has 134 valence electrons. The second kappa shape index (κ2) is 8.11. The van der Waals surface area contributed by atoms with E-state index in [0.29, 0.717) is 5.17 Å². The molecule has 1 heterocycles. The molecule has 9 heteroatoms. The predicted molar refractivity (Wildman–Crippen MR) is 97.8 cm³/mol. The lowest BCUT2D eigenvalue weighted by Gasteiger charge is -2.08. The maximum Gasteiger partial charge on any atom is 0.293 e. The van der Waals surface area contributed by atoms with E-state index in [1.807, 2.05) is 13.8 Å². The number of amides is 2. The Balaban J connectivity index is 2.03. The van der Waals surface area contributed by atoms with Gasteiger partial charge < -0.3 is 10.6 Å². The van der Waals surface area contributed by atoms with E-state index in [0.717, 1.165) is 12.0 Å². The van der Waals surface area contributed by atoms with Crippen molar-refractivity contribution in [1.82, 2.24) is 5.32 Å². The van der Waals surface area contributed by atoms with Gasteiger partial charge in [-0.15, -0.1) is 0 Å². The summed E-state index contributed by atoms with van der Waals surface area (Å²) in [5.74, 6) is -0.731. The lowest BCUT2D eigenvalue weighted by molar-refractivity contribution is -0.384. The summed E-state index contributed by atoms with van der Waals surface area (Å²) < 4.78 is 0. The van der Waals surface area contributed by atoms with Crippen LogP contribution in [0.25, 0.3) is 0 Å². The number of nitrogens with zero attached hydrogens (tertiary/aromatic N) is 2. The zero-order valence-corrected chi connectivity index (χ0v) is 15.1. The second-order valence-corrected chi connectivity index (χ2v) is 7.01. The van der Waals surface area contributed by atoms with Crippen molar-refractivity contribution in [2.45, 2.75) is 44.9 Å². The van der Waals surface area contributed by atoms with Crippen LogP contribution in [0.5, 0.6) is 0 Å². The van der Waals surface area contributed by atoms with E-state index in [1.54, 1.807) is 13.0 Å². The van der Waals surface area contributed by atoms with E-state index in [4.69, 9.17) is 0 Å². The number of amidine groups is 1. The van der Waals surface area contributed by atoms with Crippen LogP contribution in [0.1, 0.15) is 32.3 Å². The zero-order chi connectivity index (χ0) is 18.6. The number of thioether (sulfide) groups is 1. The minimum Gasteiger partial charge on any atom is -0.320 e. The van der Waals surface area contributed by atoms with Crippen LogP contribution in [-0.4, -0.2) is 33.2 Å². The number of aryl methyl sites for hydroxylation is 1. The monoisotopic (exact) mass is 364 g/mol. The number of carbonyl (C=O) groups excluding carboxylic acids is 2. The summed E-state index contributed by atoms with van der Waals surface area (Å²) in [6.45, 7) is 5.67. The number of nitrogens with one attached hydrogen (secondary N) is 2. The number of rotatable bonds is 6. The van der Waals surface area contributed by atoms with Gasteiger partial charge in [0.1, 0.15) is 10.9 Å². The molecule has 2 rings (SSSR count). The average molecular weight is 364 g/mol. The topological polar surface area (TPSA) is 114 Å². The van der Waals surface area contributed by atoms with E-state index >= 15 is 0 Å². The molecule has 25 heavy (non-hydrogen) atoms. The zero-order valence-electron chi connectivity index (χ0n) is 14.2.